The van der Waals surface area contributed by atoms with Crippen molar-refractivity contribution >= 4 is 23.2 Å². The molecule has 0 aromatic heterocycles. The van der Waals surface area contributed by atoms with Gasteiger partial charge in [0.25, 0.3) is 0 Å². The summed E-state index contributed by atoms with van der Waals surface area (Å²) in [7, 11) is 1.59. The molecule has 33 heavy (non-hydrogen) atoms. The number of aryl methyl sites for hydroxylation is 1. The summed E-state index contributed by atoms with van der Waals surface area (Å²) in [6.07, 6.45) is 4.27. The van der Waals surface area contributed by atoms with Crippen molar-refractivity contribution in [3.8, 4) is 5.75 Å². The Morgan fingerprint density at radius 3 is 2.58 bits per heavy atom. The Morgan fingerprint density at radius 1 is 1.15 bits per heavy atom. The number of hydrogen-bond acceptors (Lipinski definition) is 4. The van der Waals surface area contributed by atoms with Gasteiger partial charge < -0.3 is 14.9 Å². The van der Waals surface area contributed by atoms with Crippen LogP contribution in [-0.2, 0) is 16.0 Å². The summed E-state index contributed by atoms with van der Waals surface area (Å²) in [4.78, 5) is 23.7. The second-order valence-corrected chi connectivity index (χ2v) is 8.82. The number of aliphatic hydroxyl groups excluding tert-OH is 1. The standard InChI is InChI=1S/C27H29NO5/c1-17-7-12-23-19(14-17)15-20(28(23)13-5-3-4-6-24(29)30)16-22-26(31)25(27(22)32)18-8-10-21(33-2)11-9-18/h7-12,14,16,25-26,31H,3-6,13,15H2,1-2H3/p+1/b22-16-. The molecule has 2 atom stereocenters. The Balaban J connectivity index is 1.54. The molecule has 172 valence electrons. The number of carbonyl (C=O) groups excluding carboxylic acids is 1. The average molecular weight is 449 g/mol. The number of carboxylic acids is 1. The van der Waals surface area contributed by atoms with E-state index < -0.39 is 18.0 Å². The molecule has 6 nitrogen and oxygen atoms in total. The maximum absolute atomic E-state index is 13.0. The van der Waals surface area contributed by atoms with E-state index in [9.17, 15) is 14.7 Å². The van der Waals surface area contributed by atoms with Crippen LogP contribution in [0.1, 0.15) is 48.3 Å². The molecule has 0 saturated heterocycles. The first-order valence-electron chi connectivity index (χ1n) is 11.4. The number of carboxylic acid groups (broad SMARTS) is 1. The van der Waals surface area contributed by atoms with Gasteiger partial charge in [-0.25, -0.2) is 0 Å². The number of fused-ring (bicyclic) bond motifs is 1. The molecule has 4 rings (SSSR count). The highest BCUT2D eigenvalue weighted by Crippen LogP contribution is 2.39. The predicted octanol–water partition coefficient (Wildman–Crippen LogP) is 3.94. The molecule has 6 heteroatoms. The largest absolute Gasteiger partial charge is 0.497 e. The minimum absolute atomic E-state index is 0.0475. The third-order valence-electron chi connectivity index (χ3n) is 6.51. The Bertz CT molecular complexity index is 1130. The minimum atomic E-state index is -0.832. The van der Waals surface area contributed by atoms with Crippen LogP contribution >= 0.6 is 0 Å². The maximum atomic E-state index is 13.0. The lowest BCUT2D eigenvalue weighted by molar-refractivity contribution is -0.437. The molecular formula is C27H30NO5+. The van der Waals surface area contributed by atoms with Gasteiger partial charge in [-0.3, -0.25) is 9.59 Å². The van der Waals surface area contributed by atoms with Gasteiger partial charge in [0.05, 0.1) is 25.6 Å². The number of Topliss-reactive ketones (excluding diaryl/α,β-unsaturated/α-hetero) is 1. The normalized spacial score (nSPS) is 20.7. The van der Waals surface area contributed by atoms with E-state index in [1.165, 1.54) is 11.1 Å². The number of allylic oxidation sites excluding steroid dienone is 1. The van der Waals surface area contributed by atoms with Gasteiger partial charge in [-0.15, -0.1) is 0 Å². The number of benzene rings is 2. The number of carbonyl (C=O) groups is 2. The minimum Gasteiger partial charge on any atom is -0.497 e. The molecule has 0 radical (unpaired) electrons. The van der Waals surface area contributed by atoms with Crippen LogP contribution in [0.5, 0.6) is 5.75 Å². The van der Waals surface area contributed by atoms with E-state index in [1.807, 2.05) is 18.2 Å². The van der Waals surface area contributed by atoms with Crippen LogP contribution in [0.3, 0.4) is 0 Å². The lowest BCUT2D eigenvalue weighted by Gasteiger charge is -2.34. The molecule has 1 saturated carbocycles. The van der Waals surface area contributed by atoms with Gasteiger partial charge in [-0.2, -0.15) is 4.58 Å². The van der Waals surface area contributed by atoms with Gasteiger partial charge in [0.1, 0.15) is 12.3 Å². The highest BCUT2D eigenvalue weighted by molar-refractivity contribution is 6.14. The zero-order chi connectivity index (χ0) is 23.5. The van der Waals surface area contributed by atoms with E-state index in [4.69, 9.17) is 9.84 Å². The molecule has 1 aliphatic heterocycles. The van der Waals surface area contributed by atoms with Gasteiger partial charge >= 0.3 is 5.97 Å². The summed E-state index contributed by atoms with van der Waals surface area (Å²) in [6.45, 7) is 2.81. The van der Waals surface area contributed by atoms with Gasteiger partial charge in [-0.1, -0.05) is 23.8 Å². The fraction of sp³-hybridized carbons (Fsp3) is 0.370. The van der Waals surface area contributed by atoms with Crippen LogP contribution in [0.4, 0.5) is 5.69 Å². The van der Waals surface area contributed by atoms with E-state index >= 15 is 0 Å². The fourth-order valence-electron chi connectivity index (χ4n) is 4.71. The van der Waals surface area contributed by atoms with Crippen molar-refractivity contribution in [3.63, 3.8) is 0 Å². The highest BCUT2D eigenvalue weighted by atomic mass is 16.5. The predicted molar refractivity (Wildman–Crippen MR) is 126 cm³/mol. The Labute approximate surface area is 193 Å². The summed E-state index contributed by atoms with van der Waals surface area (Å²) >= 11 is 0. The summed E-state index contributed by atoms with van der Waals surface area (Å²) < 4.78 is 7.39. The molecule has 1 fully saturated rings. The van der Waals surface area contributed by atoms with Crippen molar-refractivity contribution in [2.45, 2.75) is 51.0 Å². The third kappa shape index (κ3) is 4.76. The molecule has 0 bridgehead atoms. The van der Waals surface area contributed by atoms with E-state index in [-0.39, 0.29) is 12.2 Å². The van der Waals surface area contributed by atoms with Crippen LogP contribution in [0.25, 0.3) is 0 Å². The maximum Gasteiger partial charge on any atom is 0.303 e. The molecule has 0 amide bonds. The second kappa shape index (κ2) is 9.71. The molecule has 1 heterocycles. The van der Waals surface area contributed by atoms with Gasteiger partial charge in [-0.05, 0) is 43.5 Å². The van der Waals surface area contributed by atoms with E-state index in [1.54, 1.807) is 19.2 Å². The van der Waals surface area contributed by atoms with Gasteiger partial charge in [0.2, 0.25) is 5.69 Å². The van der Waals surface area contributed by atoms with Crippen LogP contribution in [0.15, 0.2) is 54.1 Å². The number of nitrogens with zero attached hydrogens (tertiary/aromatic N) is 1. The molecule has 0 spiro atoms. The summed E-state index contributed by atoms with van der Waals surface area (Å²) in [5.41, 5.74) is 5.76. The molecule has 2 aromatic rings. The van der Waals surface area contributed by atoms with Crippen molar-refractivity contribution < 1.29 is 29.1 Å². The van der Waals surface area contributed by atoms with Crippen LogP contribution in [0.2, 0.25) is 0 Å². The summed E-state index contributed by atoms with van der Waals surface area (Å²) in [5, 5.41) is 19.7. The van der Waals surface area contributed by atoms with Crippen molar-refractivity contribution in [2.75, 3.05) is 13.7 Å². The number of aliphatic carboxylic acids is 1. The van der Waals surface area contributed by atoms with Gasteiger partial charge in [0, 0.05) is 36.1 Å². The summed E-state index contributed by atoms with van der Waals surface area (Å²) in [6, 6.07) is 13.6. The monoisotopic (exact) mass is 448 g/mol. The molecule has 2 N–H and O–H groups in total. The fourth-order valence-corrected chi connectivity index (χ4v) is 4.71. The van der Waals surface area contributed by atoms with Crippen molar-refractivity contribution in [1.29, 1.82) is 0 Å². The molecule has 2 aliphatic rings. The van der Waals surface area contributed by atoms with Gasteiger partial charge in [0.15, 0.2) is 11.5 Å². The highest BCUT2D eigenvalue weighted by Gasteiger charge is 2.46. The van der Waals surface area contributed by atoms with Crippen molar-refractivity contribution in [3.05, 3.63) is 70.8 Å². The Hall–Kier alpha value is -3.25. The number of ketones is 1. The lowest BCUT2D eigenvalue weighted by Crippen LogP contribution is -2.43. The van der Waals surface area contributed by atoms with Crippen molar-refractivity contribution in [2.24, 2.45) is 0 Å². The smallest absolute Gasteiger partial charge is 0.303 e. The topological polar surface area (TPSA) is 86.8 Å². The average Bonchev–Trinajstić information content (AvgIpc) is 3.14. The first-order valence-corrected chi connectivity index (χ1v) is 11.4. The number of ether oxygens (including phenoxy) is 1. The number of aliphatic hydroxyl groups is 1. The number of rotatable bonds is 9. The number of unbranched alkanes of at least 4 members (excludes halogenated alkanes) is 2. The molecule has 2 aromatic carbocycles. The molecule has 1 aliphatic carbocycles. The van der Waals surface area contributed by atoms with Crippen LogP contribution in [0, 0.1) is 6.92 Å². The van der Waals surface area contributed by atoms with Crippen LogP contribution < -0.4 is 4.74 Å². The molecule has 2 unspecified atom stereocenters. The SMILES string of the molecule is COc1ccc(C2C(=O)/C(=C\C3=[N+](CCCCCC(=O)O)c4ccc(C)cc4C3)C2O)cc1. The third-order valence-corrected chi connectivity index (χ3v) is 6.51. The zero-order valence-electron chi connectivity index (χ0n) is 19.1. The van der Waals surface area contributed by atoms with E-state index in [0.29, 0.717) is 24.2 Å². The number of methoxy groups -OCH3 is 1. The molecular weight excluding hydrogens is 418 g/mol. The van der Waals surface area contributed by atoms with E-state index in [0.717, 1.165) is 36.3 Å². The second-order valence-electron chi connectivity index (χ2n) is 8.82. The van der Waals surface area contributed by atoms with Crippen LogP contribution in [-0.4, -0.2) is 52.0 Å². The van der Waals surface area contributed by atoms with Crippen molar-refractivity contribution in [1.82, 2.24) is 0 Å². The first-order chi connectivity index (χ1) is 15.9. The summed E-state index contributed by atoms with van der Waals surface area (Å²) in [5.74, 6) is -0.644. The zero-order valence-corrected chi connectivity index (χ0v) is 19.1. The quantitative estimate of drug-likeness (QED) is 0.345. The van der Waals surface area contributed by atoms with E-state index in [2.05, 4.69) is 29.7 Å². The lowest BCUT2D eigenvalue weighted by atomic mass is 9.71. The first kappa shape index (κ1) is 22.9. The Kier molecular flexibility index (Phi) is 6.75. The number of hydrogen-bond donors (Lipinski definition) is 2. The Morgan fingerprint density at radius 2 is 1.91 bits per heavy atom.